The summed E-state index contributed by atoms with van der Waals surface area (Å²) < 4.78 is 0. The minimum Gasteiger partial charge on any atom is -0.342 e. The van der Waals surface area contributed by atoms with Gasteiger partial charge in [0.25, 0.3) is 0 Å². The van der Waals surface area contributed by atoms with Gasteiger partial charge in [0.15, 0.2) is 0 Å². The van der Waals surface area contributed by atoms with Crippen LogP contribution < -0.4 is 10.6 Å². The van der Waals surface area contributed by atoms with Gasteiger partial charge >= 0.3 is 0 Å². The second kappa shape index (κ2) is 10.5. The van der Waals surface area contributed by atoms with Gasteiger partial charge in [0.05, 0.1) is 6.67 Å². The van der Waals surface area contributed by atoms with Gasteiger partial charge in [0.1, 0.15) is 5.54 Å². The zero-order chi connectivity index (χ0) is 13.9. The van der Waals surface area contributed by atoms with E-state index in [0.717, 1.165) is 19.5 Å². The molecule has 2 fully saturated rings. The molecule has 1 atom stereocenters. The molecule has 0 aliphatic carbocycles. The highest BCUT2D eigenvalue weighted by molar-refractivity contribution is 5.88. The van der Waals surface area contributed by atoms with Crippen LogP contribution in [0.4, 0.5) is 0 Å². The topological polar surface area (TPSA) is 44.4 Å². The maximum absolute atomic E-state index is 11.3. The van der Waals surface area contributed by atoms with Gasteiger partial charge in [-0.15, -0.1) is 0 Å². The third kappa shape index (κ3) is 5.04. The molecular formula is C13H31N3O. The maximum Gasteiger partial charge on any atom is 0.242 e. The second-order valence-corrected chi connectivity index (χ2v) is 3.43. The van der Waals surface area contributed by atoms with Crippen molar-refractivity contribution >= 4 is 5.91 Å². The van der Waals surface area contributed by atoms with E-state index in [9.17, 15) is 4.79 Å². The van der Waals surface area contributed by atoms with Crippen molar-refractivity contribution in [1.82, 2.24) is 15.5 Å². The molecule has 2 N–H and O–H groups in total. The number of hydrogen-bond donors (Lipinski definition) is 2. The summed E-state index contributed by atoms with van der Waals surface area (Å²) in [4.78, 5) is 13.5. The largest absolute Gasteiger partial charge is 0.342 e. The number of likely N-dealkylation sites (N-methyl/N-ethyl adjacent to an activating group) is 1. The van der Waals surface area contributed by atoms with Gasteiger partial charge in [-0.3, -0.25) is 10.1 Å². The van der Waals surface area contributed by atoms with Crippen molar-refractivity contribution in [1.29, 1.82) is 0 Å². The maximum atomic E-state index is 11.3. The number of carbonyl (C=O) groups is 1. The van der Waals surface area contributed by atoms with Crippen LogP contribution in [0.3, 0.4) is 0 Å². The Morgan fingerprint density at radius 1 is 1.12 bits per heavy atom. The van der Waals surface area contributed by atoms with Crippen LogP contribution in [0.15, 0.2) is 0 Å². The van der Waals surface area contributed by atoms with E-state index in [1.54, 1.807) is 0 Å². The fourth-order valence-electron chi connectivity index (χ4n) is 1.87. The number of amides is 1. The van der Waals surface area contributed by atoms with Crippen molar-refractivity contribution in [3.05, 3.63) is 0 Å². The van der Waals surface area contributed by atoms with Gasteiger partial charge in [0.2, 0.25) is 5.91 Å². The molecule has 0 saturated carbocycles. The van der Waals surface area contributed by atoms with E-state index in [-0.39, 0.29) is 11.4 Å². The summed E-state index contributed by atoms with van der Waals surface area (Å²) in [6, 6.07) is 0. The molecule has 17 heavy (non-hydrogen) atoms. The zero-order valence-electron chi connectivity index (χ0n) is 12.7. The summed E-state index contributed by atoms with van der Waals surface area (Å²) in [6.07, 6.45) is 0.940. The van der Waals surface area contributed by atoms with Crippen LogP contribution in [0.1, 0.15) is 48.0 Å². The van der Waals surface area contributed by atoms with Crippen LogP contribution in [-0.4, -0.2) is 43.2 Å². The third-order valence-electron chi connectivity index (χ3n) is 2.57. The average Bonchev–Trinajstić information content (AvgIpc) is 2.95. The lowest BCUT2D eigenvalue weighted by molar-refractivity contribution is -0.123. The van der Waals surface area contributed by atoms with Crippen LogP contribution in [-0.2, 0) is 4.79 Å². The average molecular weight is 245 g/mol. The number of rotatable bonds is 0. The molecule has 0 aromatic carbocycles. The number of nitrogens with one attached hydrogen (secondary N) is 2. The van der Waals surface area contributed by atoms with Gasteiger partial charge in [0, 0.05) is 13.1 Å². The summed E-state index contributed by atoms with van der Waals surface area (Å²) in [7, 11) is 2.04. The molecular weight excluding hydrogens is 214 g/mol. The van der Waals surface area contributed by atoms with Gasteiger partial charge in [-0.2, -0.15) is 0 Å². The number of carbonyl (C=O) groups excluding carboxylic acids is 1. The van der Waals surface area contributed by atoms with Crippen LogP contribution in [0.25, 0.3) is 0 Å². The van der Waals surface area contributed by atoms with Crippen molar-refractivity contribution in [2.24, 2.45) is 0 Å². The molecule has 4 heteroatoms. The highest BCUT2D eigenvalue weighted by Gasteiger charge is 2.46. The molecule has 0 bridgehead atoms. The number of nitrogens with zero attached hydrogens (tertiary/aromatic N) is 1. The van der Waals surface area contributed by atoms with E-state index in [2.05, 4.69) is 15.5 Å². The van der Waals surface area contributed by atoms with E-state index in [0.29, 0.717) is 6.67 Å². The third-order valence-corrected chi connectivity index (χ3v) is 2.57. The molecule has 2 saturated heterocycles. The molecule has 0 aromatic rings. The van der Waals surface area contributed by atoms with Gasteiger partial charge in [-0.05, 0) is 13.5 Å². The normalized spacial score (nSPS) is 25.9. The molecule has 1 amide bonds. The molecule has 2 rings (SSSR count). The van der Waals surface area contributed by atoms with E-state index < -0.39 is 0 Å². The van der Waals surface area contributed by atoms with E-state index in [1.807, 2.05) is 48.6 Å². The monoisotopic (exact) mass is 245 g/mol. The van der Waals surface area contributed by atoms with Crippen LogP contribution in [0.2, 0.25) is 0 Å². The fourth-order valence-corrected chi connectivity index (χ4v) is 1.87. The van der Waals surface area contributed by atoms with Crippen LogP contribution in [0, 0.1) is 0 Å². The summed E-state index contributed by atoms with van der Waals surface area (Å²) in [5, 5.41) is 6.01. The van der Waals surface area contributed by atoms with E-state index >= 15 is 0 Å². The van der Waals surface area contributed by atoms with Gasteiger partial charge in [-0.25, -0.2) is 0 Å². The Kier molecular flexibility index (Phi) is 11.6. The first-order valence-electron chi connectivity index (χ1n) is 6.95. The molecule has 0 aromatic heterocycles. The Balaban J connectivity index is 0. The lowest BCUT2D eigenvalue weighted by Crippen LogP contribution is -2.48. The van der Waals surface area contributed by atoms with Crippen molar-refractivity contribution in [3.8, 4) is 0 Å². The smallest absolute Gasteiger partial charge is 0.242 e. The zero-order valence-corrected chi connectivity index (χ0v) is 12.7. The lowest BCUT2D eigenvalue weighted by atomic mass is 10.00. The summed E-state index contributed by atoms with van der Waals surface area (Å²) >= 11 is 0. The highest BCUT2D eigenvalue weighted by atomic mass is 16.2. The van der Waals surface area contributed by atoms with Crippen LogP contribution >= 0.6 is 0 Å². The molecule has 2 heterocycles. The minimum absolute atomic E-state index is 0.168. The molecule has 104 valence electrons. The first kappa shape index (κ1) is 18.7. The first-order chi connectivity index (χ1) is 8.23. The fraction of sp³-hybridized carbons (Fsp3) is 0.923. The van der Waals surface area contributed by atoms with Crippen molar-refractivity contribution in [2.45, 2.75) is 53.5 Å². The molecule has 2 aliphatic rings. The minimum atomic E-state index is -0.255. The Hall–Kier alpha value is -0.610. The summed E-state index contributed by atoms with van der Waals surface area (Å²) in [5.74, 6) is 0.168. The standard InChI is InChI=1S/C7H13N3O.3C2H6/c1-10-3-2-7(4-10)6(11)8-5-9-7;3*1-2/h9H,2-5H2,1H3,(H,8,11);3*1-2H3. The van der Waals surface area contributed by atoms with E-state index in [1.165, 1.54) is 0 Å². The Morgan fingerprint density at radius 2 is 1.65 bits per heavy atom. The predicted molar refractivity (Wildman–Crippen MR) is 75.0 cm³/mol. The van der Waals surface area contributed by atoms with Crippen molar-refractivity contribution in [2.75, 3.05) is 26.8 Å². The number of likely N-dealkylation sites (tertiary alicyclic amines) is 1. The van der Waals surface area contributed by atoms with Gasteiger partial charge in [-0.1, -0.05) is 41.5 Å². The summed E-state index contributed by atoms with van der Waals surface area (Å²) in [5.41, 5.74) is -0.255. The Bertz CT molecular complexity index is 197. The molecule has 1 unspecified atom stereocenters. The Morgan fingerprint density at radius 3 is 1.94 bits per heavy atom. The summed E-state index contributed by atoms with van der Waals surface area (Å²) in [6.45, 7) is 14.5. The molecule has 4 nitrogen and oxygen atoms in total. The molecule has 0 radical (unpaired) electrons. The SMILES string of the molecule is CC.CC.CC.CN1CCC2(C1)NCNC2=O. The van der Waals surface area contributed by atoms with Gasteiger partial charge < -0.3 is 10.2 Å². The highest BCUT2D eigenvalue weighted by Crippen LogP contribution is 2.22. The Labute approximate surface area is 107 Å². The lowest BCUT2D eigenvalue weighted by Gasteiger charge is -2.19. The van der Waals surface area contributed by atoms with Crippen molar-refractivity contribution < 1.29 is 4.79 Å². The number of hydrogen-bond acceptors (Lipinski definition) is 3. The molecule has 1 spiro atoms. The quantitative estimate of drug-likeness (QED) is 0.684. The predicted octanol–water partition coefficient (Wildman–Crippen LogP) is 1.82. The van der Waals surface area contributed by atoms with Crippen LogP contribution in [0.5, 0.6) is 0 Å². The molecule has 2 aliphatic heterocycles. The van der Waals surface area contributed by atoms with E-state index in [4.69, 9.17) is 0 Å². The second-order valence-electron chi connectivity index (χ2n) is 3.43. The first-order valence-corrected chi connectivity index (χ1v) is 6.95. The van der Waals surface area contributed by atoms with Crippen molar-refractivity contribution in [3.63, 3.8) is 0 Å².